The van der Waals surface area contributed by atoms with Crippen molar-refractivity contribution in [2.45, 2.75) is 43.2 Å². The third-order valence-electron chi connectivity index (χ3n) is 5.04. The summed E-state index contributed by atoms with van der Waals surface area (Å²) in [6.45, 7) is 8.12. The topological polar surface area (TPSA) is 132 Å². The van der Waals surface area contributed by atoms with E-state index < -0.39 is 10.0 Å². The molecule has 33 heavy (non-hydrogen) atoms. The highest BCUT2D eigenvalue weighted by Gasteiger charge is 2.18. The number of benzene rings is 2. The number of nitrogen functional groups attached to an aromatic ring is 1. The lowest BCUT2D eigenvalue weighted by Gasteiger charge is -2.19. The number of aromatic nitrogens is 3. The normalized spacial score (nSPS) is 12.0. The molecule has 11 heteroatoms. The number of hydrogen-bond acceptors (Lipinski definition) is 7. The van der Waals surface area contributed by atoms with Gasteiger partial charge >= 0.3 is 0 Å². The lowest BCUT2D eigenvalue weighted by Crippen LogP contribution is -2.20. The summed E-state index contributed by atoms with van der Waals surface area (Å²) in [7, 11) is -2.29. The van der Waals surface area contributed by atoms with E-state index in [0.29, 0.717) is 22.2 Å². The summed E-state index contributed by atoms with van der Waals surface area (Å²) >= 11 is 1.14. The van der Waals surface area contributed by atoms with Crippen LogP contribution in [0.5, 0.6) is 0 Å². The van der Waals surface area contributed by atoms with Crippen molar-refractivity contribution >= 4 is 33.4 Å². The van der Waals surface area contributed by atoms with Crippen LogP contribution in [0, 0.1) is 6.92 Å². The Morgan fingerprint density at radius 1 is 1.12 bits per heavy atom. The van der Waals surface area contributed by atoms with Crippen LogP contribution in [0.2, 0.25) is 0 Å². The molecule has 0 aliphatic carbocycles. The Morgan fingerprint density at radius 2 is 1.79 bits per heavy atom. The van der Waals surface area contributed by atoms with Crippen molar-refractivity contribution in [3.63, 3.8) is 0 Å². The molecule has 0 fully saturated rings. The number of nitrogens with two attached hydrogens (primary N) is 1. The molecule has 3 aromatic rings. The summed E-state index contributed by atoms with van der Waals surface area (Å²) in [4.78, 5) is 12.5. The standard InChI is InChI=1S/C22H28N6O3S2/c1-14-6-11-17(12-18(14)33(30,31)24-5)25-19(29)13-32-21-27-26-20(28(21)23)15-7-9-16(10-8-15)22(2,3)4/h6-12,24H,13,23H2,1-5H3,(H,25,29). The zero-order valence-electron chi connectivity index (χ0n) is 19.2. The van der Waals surface area contributed by atoms with E-state index in [0.717, 1.165) is 17.3 Å². The summed E-state index contributed by atoms with van der Waals surface area (Å²) in [5, 5.41) is 11.3. The van der Waals surface area contributed by atoms with Crippen molar-refractivity contribution in [3.8, 4) is 11.4 Å². The van der Waals surface area contributed by atoms with Gasteiger partial charge in [0.25, 0.3) is 0 Å². The van der Waals surface area contributed by atoms with Gasteiger partial charge in [-0.3, -0.25) is 4.79 Å². The summed E-state index contributed by atoms with van der Waals surface area (Å²) in [6, 6.07) is 12.7. The predicted molar refractivity (Wildman–Crippen MR) is 131 cm³/mol. The van der Waals surface area contributed by atoms with Gasteiger partial charge in [0.15, 0.2) is 5.82 Å². The van der Waals surface area contributed by atoms with Crippen molar-refractivity contribution in [2.24, 2.45) is 0 Å². The van der Waals surface area contributed by atoms with E-state index in [1.807, 2.05) is 24.3 Å². The maximum absolute atomic E-state index is 12.4. The first-order valence-corrected chi connectivity index (χ1v) is 12.7. The number of hydrogen-bond donors (Lipinski definition) is 3. The van der Waals surface area contributed by atoms with Crippen LogP contribution < -0.4 is 15.9 Å². The van der Waals surface area contributed by atoms with Crippen LogP contribution in [-0.2, 0) is 20.2 Å². The molecule has 0 aliphatic heterocycles. The van der Waals surface area contributed by atoms with Gasteiger partial charge in [-0.25, -0.2) is 17.8 Å². The minimum absolute atomic E-state index is 0.0281. The Kier molecular flexibility index (Phi) is 7.15. The lowest BCUT2D eigenvalue weighted by atomic mass is 9.87. The molecule has 0 atom stereocenters. The van der Waals surface area contributed by atoms with E-state index in [9.17, 15) is 13.2 Å². The zero-order chi connectivity index (χ0) is 24.4. The molecule has 1 heterocycles. The van der Waals surface area contributed by atoms with Gasteiger partial charge in [-0.2, -0.15) is 0 Å². The van der Waals surface area contributed by atoms with Crippen molar-refractivity contribution < 1.29 is 13.2 Å². The highest BCUT2D eigenvalue weighted by atomic mass is 32.2. The Morgan fingerprint density at radius 3 is 2.39 bits per heavy atom. The zero-order valence-corrected chi connectivity index (χ0v) is 20.8. The van der Waals surface area contributed by atoms with Crippen LogP contribution >= 0.6 is 11.8 Å². The second-order valence-corrected chi connectivity index (χ2v) is 11.3. The van der Waals surface area contributed by atoms with Crippen LogP contribution in [0.3, 0.4) is 0 Å². The molecule has 0 spiro atoms. The Balaban J connectivity index is 1.67. The molecule has 4 N–H and O–H groups in total. The van der Waals surface area contributed by atoms with E-state index in [1.54, 1.807) is 19.1 Å². The van der Waals surface area contributed by atoms with E-state index in [4.69, 9.17) is 5.84 Å². The van der Waals surface area contributed by atoms with Gasteiger partial charge in [-0.05, 0) is 42.6 Å². The Labute approximate surface area is 198 Å². The number of rotatable bonds is 7. The summed E-state index contributed by atoms with van der Waals surface area (Å²) in [5.41, 5.74) is 3.03. The highest BCUT2D eigenvalue weighted by Crippen LogP contribution is 2.27. The number of anilines is 1. The van der Waals surface area contributed by atoms with Gasteiger partial charge < -0.3 is 11.2 Å². The number of sulfonamides is 1. The molecule has 0 bridgehead atoms. The minimum Gasteiger partial charge on any atom is -0.335 e. The summed E-state index contributed by atoms with van der Waals surface area (Å²) in [5.74, 6) is 6.37. The third kappa shape index (κ3) is 5.73. The number of nitrogens with one attached hydrogen (secondary N) is 2. The SMILES string of the molecule is CNS(=O)(=O)c1cc(NC(=O)CSc2nnc(-c3ccc(C(C)(C)C)cc3)n2N)ccc1C. The van der Waals surface area contributed by atoms with Gasteiger partial charge in [-0.1, -0.05) is 62.9 Å². The first kappa shape index (κ1) is 24.7. The molecule has 1 aromatic heterocycles. The van der Waals surface area contributed by atoms with Crippen LogP contribution in [0.15, 0.2) is 52.5 Å². The monoisotopic (exact) mass is 488 g/mol. The van der Waals surface area contributed by atoms with E-state index in [-0.39, 0.29) is 22.0 Å². The molecule has 0 unspecified atom stereocenters. The van der Waals surface area contributed by atoms with Gasteiger partial charge in [0.1, 0.15) is 0 Å². The van der Waals surface area contributed by atoms with Crippen LogP contribution in [0.25, 0.3) is 11.4 Å². The molecule has 176 valence electrons. The molecular formula is C22H28N6O3S2. The quantitative estimate of drug-likeness (QED) is 0.344. The van der Waals surface area contributed by atoms with Crippen molar-refractivity contribution in [1.29, 1.82) is 0 Å². The summed E-state index contributed by atoms with van der Waals surface area (Å²) < 4.78 is 27.9. The Bertz CT molecular complexity index is 1260. The fourth-order valence-corrected chi connectivity index (χ4v) is 4.75. The van der Waals surface area contributed by atoms with Gasteiger partial charge in [0.2, 0.25) is 21.1 Å². The van der Waals surface area contributed by atoms with Gasteiger partial charge in [0.05, 0.1) is 10.6 Å². The van der Waals surface area contributed by atoms with E-state index in [1.165, 1.54) is 23.4 Å². The number of carbonyl (C=O) groups excluding carboxylic acids is 1. The van der Waals surface area contributed by atoms with E-state index in [2.05, 4.69) is 41.0 Å². The second kappa shape index (κ2) is 9.54. The molecule has 9 nitrogen and oxygen atoms in total. The second-order valence-electron chi connectivity index (χ2n) is 8.53. The number of aryl methyl sites for hydroxylation is 1. The van der Waals surface area contributed by atoms with Crippen molar-refractivity contribution in [1.82, 2.24) is 19.6 Å². The average molecular weight is 489 g/mol. The summed E-state index contributed by atoms with van der Waals surface area (Å²) in [6.07, 6.45) is 0. The van der Waals surface area contributed by atoms with Crippen LogP contribution in [0.4, 0.5) is 5.69 Å². The first-order valence-electron chi connectivity index (χ1n) is 10.2. The number of carbonyl (C=O) groups is 1. The maximum atomic E-state index is 12.4. The van der Waals surface area contributed by atoms with Gasteiger partial charge in [0, 0.05) is 11.3 Å². The third-order valence-corrected chi connectivity index (χ3v) is 7.54. The fourth-order valence-electron chi connectivity index (χ4n) is 3.10. The predicted octanol–water partition coefficient (Wildman–Crippen LogP) is 2.90. The number of thioether (sulfide) groups is 1. The molecule has 0 radical (unpaired) electrons. The molecule has 0 aliphatic rings. The smallest absolute Gasteiger partial charge is 0.240 e. The van der Waals surface area contributed by atoms with Crippen molar-refractivity contribution in [3.05, 3.63) is 53.6 Å². The lowest BCUT2D eigenvalue weighted by molar-refractivity contribution is -0.113. The molecule has 0 saturated carbocycles. The minimum atomic E-state index is -3.63. The van der Waals surface area contributed by atoms with Crippen LogP contribution in [-0.4, -0.2) is 42.0 Å². The number of amides is 1. The number of nitrogens with zero attached hydrogens (tertiary/aromatic N) is 3. The highest BCUT2D eigenvalue weighted by molar-refractivity contribution is 7.99. The van der Waals surface area contributed by atoms with E-state index >= 15 is 0 Å². The first-order chi connectivity index (χ1) is 15.4. The largest absolute Gasteiger partial charge is 0.335 e. The average Bonchev–Trinajstić information content (AvgIpc) is 3.13. The molecule has 1 amide bonds. The van der Waals surface area contributed by atoms with Gasteiger partial charge in [-0.15, -0.1) is 10.2 Å². The fraction of sp³-hybridized carbons (Fsp3) is 0.318. The molecule has 2 aromatic carbocycles. The van der Waals surface area contributed by atoms with Crippen LogP contribution in [0.1, 0.15) is 31.9 Å². The maximum Gasteiger partial charge on any atom is 0.240 e. The Hall–Kier alpha value is -2.89. The molecular weight excluding hydrogens is 460 g/mol. The van der Waals surface area contributed by atoms with Crippen molar-refractivity contribution in [2.75, 3.05) is 24.0 Å². The molecule has 0 saturated heterocycles. The molecule has 3 rings (SSSR count).